The summed E-state index contributed by atoms with van der Waals surface area (Å²) in [6, 6.07) is 21.2. The Bertz CT molecular complexity index is 1110. The van der Waals surface area contributed by atoms with Crippen LogP contribution < -0.4 is 4.74 Å². The molecule has 0 fully saturated rings. The van der Waals surface area contributed by atoms with Gasteiger partial charge >= 0.3 is 5.97 Å². The lowest BCUT2D eigenvalue weighted by Crippen LogP contribution is -2.12. The molecule has 0 aromatic heterocycles. The Morgan fingerprint density at radius 1 is 0.931 bits per heavy atom. The number of carbonyl (C=O) groups is 2. The third-order valence-corrected chi connectivity index (χ3v) is 5.00. The van der Waals surface area contributed by atoms with Gasteiger partial charge in [0.05, 0.1) is 7.11 Å². The van der Waals surface area contributed by atoms with Crippen LogP contribution in [0.3, 0.4) is 0 Å². The van der Waals surface area contributed by atoms with Crippen molar-refractivity contribution >= 4 is 17.8 Å². The lowest BCUT2D eigenvalue weighted by atomic mass is 10.0. The summed E-state index contributed by atoms with van der Waals surface area (Å²) in [6.45, 7) is -0.296. The minimum Gasteiger partial charge on any atom is -0.496 e. The maximum atomic E-state index is 12.5. The Hall–Kier alpha value is -3.66. The van der Waals surface area contributed by atoms with E-state index in [4.69, 9.17) is 9.47 Å². The molecule has 3 aromatic rings. The number of carbonyl (C=O) groups excluding carboxylic acids is 2. The van der Waals surface area contributed by atoms with Crippen molar-refractivity contribution in [2.75, 3.05) is 13.7 Å². The maximum absolute atomic E-state index is 12.5. The zero-order chi connectivity index (χ0) is 20.2. The number of methoxy groups -OCH3 is 1. The molecule has 0 N–H and O–H groups in total. The number of esters is 1. The van der Waals surface area contributed by atoms with E-state index >= 15 is 0 Å². The van der Waals surface area contributed by atoms with Gasteiger partial charge in [0.2, 0.25) is 0 Å². The summed E-state index contributed by atoms with van der Waals surface area (Å²) in [6.07, 6.45) is 3.78. The van der Waals surface area contributed by atoms with E-state index in [1.165, 1.54) is 17.2 Å². The van der Waals surface area contributed by atoms with Crippen molar-refractivity contribution in [2.45, 2.75) is 6.42 Å². The average Bonchev–Trinajstić information content (AvgIpc) is 3.14. The number of ether oxygens (including phenoxy) is 2. The quantitative estimate of drug-likeness (QED) is 0.275. The van der Waals surface area contributed by atoms with Gasteiger partial charge < -0.3 is 9.47 Å². The second-order valence-electron chi connectivity index (χ2n) is 6.81. The SMILES string of the molecule is COc1ccccc1C=CC(=O)OCC(=O)c1ccc2c(c1)-c1ccccc1C2. The topological polar surface area (TPSA) is 52.6 Å². The van der Waals surface area contributed by atoms with Crippen molar-refractivity contribution in [2.24, 2.45) is 0 Å². The predicted molar refractivity (Wildman–Crippen MR) is 112 cm³/mol. The zero-order valence-corrected chi connectivity index (χ0v) is 16.1. The highest BCUT2D eigenvalue weighted by Crippen LogP contribution is 2.36. The van der Waals surface area contributed by atoms with E-state index in [-0.39, 0.29) is 12.4 Å². The monoisotopic (exact) mass is 384 g/mol. The second-order valence-corrected chi connectivity index (χ2v) is 6.81. The highest BCUT2D eigenvalue weighted by Gasteiger charge is 2.19. The van der Waals surface area contributed by atoms with Gasteiger partial charge in [-0.05, 0) is 46.9 Å². The fourth-order valence-corrected chi connectivity index (χ4v) is 3.53. The summed E-state index contributed by atoms with van der Waals surface area (Å²) >= 11 is 0. The molecule has 0 unspecified atom stereocenters. The van der Waals surface area contributed by atoms with Gasteiger partial charge in [0.15, 0.2) is 12.4 Å². The molecule has 0 amide bonds. The number of rotatable bonds is 6. The molecule has 0 radical (unpaired) electrons. The summed E-state index contributed by atoms with van der Waals surface area (Å²) in [4.78, 5) is 24.5. The standard InChI is InChI=1S/C25H20O4/c1-28-24-9-5-3-6-17(24)12-13-25(27)29-16-23(26)20-11-10-19-14-18-7-2-4-8-21(18)22(19)15-20/h2-13,15H,14,16H2,1H3. The van der Waals surface area contributed by atoms with E-state index in [2.05, 4.69) is 12.1 Å². The van der Waals surface area contributed by atoms with Crippen LogP contribution in [0.2, 0.25) is 0 Å². The van der Waals surface area contributed by atoms with Crippen LogP contribution in [0, 0.1) is 0 Å². The molecule has 0 atom stereocenters. The lowest BCUT2D eigenvalue weighted by Gasteiger charge is -2.06. The van der Waals surface area contributed by atoms with Gasteiger partial charge in [0, 0.05) is 17.2 Å². The molecular weight excluding hydrogens is 364 g/mol. The van der Waals surface area contributed by atoms with Gasteiger partial charge in [0.1, 0.15) is 5.75 Å². The zero-order valence-electron chi connectivity index (χ0n) is 16.1. The minimum absolute atomic E-state index is 0.226. The number of ketones is 1. The fourth-order valence-electron chi connectivity index (χ4n) is 3.53. The van der Waals surface area contributed by atoms with E-state index in [0.29, 0.717) is 11.3 Å². The largest absolute Gasteiger partial charge is 0.496 e. The van der Waals surface area contributed by atoms with Crippen molar-refractivity contribution in [3.05, 3.63) is 95.1 Å². The van der Waals surface area contributed by atoms with E-state index in [0.717, 1.165) is 23.1 Å². The molecule has 0 spiro atoms. The second kappa shape index (κ2) is 8.15. The van der Waals surface area contributed by atoms with E-state index in [1.54, 1.807) is 25.3 Å². The molecule has 0 saturated heterocycles. The molecule has 0 saturated carbocycles. The summed E-state index contributed by atoms with van der Waals surface area (Å²) in [5, 5.41) is 0. The summed E-state index contributed by atoms with van der Waals surface area (Å²) in [5.74, 6) is -0.141. The van der Waals surface area contributed by atoms with Crippen LogP contribution in [0.25, 0.3) is 17.2 Å². The van der Waals surface area contributed by atoms with Crippen molar-refractivity contribution in [3.8, 4) is 16.9 Å². The fraction of sp³-hybridized carbons (Fsp3) is 0.120. The Labute approximate surface area is 169 Å². The molecule has 0 aliphatic heterocycles. The molecule has 4 heteroatoms. The first-order valence-corrected chi connectivity index (χ1v) is 9.38. The molecule has 4 nitrogen and oxygen atoms in total. The van der Waals surface area contributed by atoms with Crippen LogP contribution in [-0.4, -0.2) is 25.5 Å². The van der Waals surface area contributed by atoms with Crippen LogP contribution in [0.15, 0.2) is 72.8 Å². The van der Waals surface area contributed by atoms with Gasteiger partial charge in [-0.3, -0.25) is 4.79 Å². The Morgan fingerprint density at radius 3 is 2.55 bits per heavy atom. The molecule has 3 aromatic carbocycles. The number of hydrogen-bond donors (Lipinski definition) is 0. The van der Waals surface area contributed by atoms with Gasteiger partial charge in [-0.1, -0.05) is 54.6 Å². The molecule has 4 rings (SSSR count). The first-order valence-electron chi connectivity index (χ1n) is 9.38. The Kier molecular flexibility index (Phi) is 5.25. The van der Waals surface area contributed by atoms with Crippen molar-refractivity contribution < 1.29 is 19.1 Å². The molecular formula is C25H20O4. The molecule has 29 heavy (non-hydrogen) atoms. The molecule has 1 aliphatic carbocycles. The molecule has 0 heterocycles. The van der Waals surface area contributed by atoms with Gasteiger partial charge in [0.25, 0.3) is 0 Å². The van der Waals surface area contributed by atoms with Crippen LogP contribution in [0.5, 0.6) is 5.75 Å². The third kappa shape index (κ3) is 3.97. The normalized spacial score (nSPS) is 11.8. The smallest absolute Gasteiger partial charge is 0.331 e. The van der Waals surface area contributed by atoms with Crippen LogP contribution in [-0.2, 0) is 16.0 Å². The predicted octanol–water partition coefficient (Wildman–Crippen LogP) is 4.71. The first-order chi connectivity index (χ1) is 14.2. The van der Waals surface area contributed by atoms with Crippen LogP contribution >= 0.6 is 0 Å². The summed E-state index contributed by atoms with van der Waals surface area (Å²) in [5.41, 5.74) is 6.01. The highest BCUT2D eigenvalue weighted by atomic mass is 16.5. The highest BCUT2D eigenvalue weighted by molar-refractivity contribution is 6.00. The number of hydrogen-bond acceptors (Lipinski definition) is 4. The van der Waals surface area contributed by atoms with E-state index in [1.807, 2.05) is 42.5 Å². The summed E-state index contributed by atoms with van der Waals surface area (Å²) < 4.78 is 10.4. The van der Waals surface area contributed by atoms with Crippen molar-refractivity contribution in [1.29, 1.82) is 0 Å². The number of fused-ring (bicyclic) bond motifs is 3. The van der Waals surface area contributed by atoms with E-state index < -0.39 is 5.97 Å². The molecule has 0 bridgehead atoms. The minimum atomic E-state index is -0.573. The van der Waals surface area contributed by atoms with Crippen molar-refractivity contribution in [3.63, 3.8) is 0 Å². The van der Waals surface area contributed by atoms with Gasteiger partial charge in [-0.25, -0.2) is 4.79 Å². The van der Waals surface area contributed by atoms with Gasteiger partial charge in [-0.15, -0.1) is 0 Å². The van der Waals surface area contributed by atoms with E-state index in [9.17, 15) is 9.59 Å². The number of para-hydroxylation sites is 1. The number of benzene rings is 3. The van der Waals surface area contributed by atoms with Crippen molar-refractivity contribution in [1.82, 2.24) is 0 Å². The van der Waals surface area contributed by atoms with Gasteiger partial charge in [-0.2, -0.15) is 0 Å². The Balaban J connectivity index is 1.41. The Morgan fingerprint density at radius 2 is 1.69 bits per heavy atom. The molecule has 144 valence electrons. The van der Waals surface area contributed by atoms with Crippen LogP contribution in [0.1, 0.15) is 27.0 Å². The number of Topliss-reactive ketones (excluding diaryl/α,β-unsaturated/α-hetero) is 1. The maximum Gasteiger partial charge on any atom is 0.331 e. The summed E-state index contributed by atoms with van der Waals surface area (Å²) in [7, 11) is 1.57. The lowest BCUT2D eigenvalue weighted by molar-refractivity contribution is -0.136. The third-order valence-electron chi connectivity index (χ3n) is 5.00. The molecule has 1 aliphatic rings. The average molecular weight is 384 g/mol. The first kappa shape index (κ1) is 18.7. The van der Waals surface area contributed by atoms with Crippen LogP contribution in [0.4, 0.5) is 0 Å².